The van der Waals surface area contributed by atoms with Crippen LogP contribution in [-0.2, 0) is 6.54 Å². The number of fused-ring (bicyclic) bond motifs is 1. The van der Waals surface area contributed by atoms with Crippen molar-refractivity contribution in [2.45, 2.75) is 6.54 Å². The van der Waals surface area contributed by atoms with Gasteiger partial charge in [0.05, 0.1) is 22.6 Å². The van der Waals surface area contributed by atoms with Gasteiger partial charge in [-0.05, 0) is 17.5 Å². The second-order valence-corrected chi connectivity index (χ2v) is 7.01. The monoisotopic (exact) mass is 389 g/mol. The smallest absolute Gasteiger partial charge is 0.299 e. The van der Waals surface area contributed by atoms with Gasteiger partial charge in [0.15, 0.2) is 5.78 Å². The van der Waals surface area contributed by atoms with Crippen molar-refractivity contribution in [2.75, 3.05) is 0 Å². The highest BCUT2D eigenvalue weighted by atomic mass is 32.1. The number of Topliss-reactive ketones (excluding diaryl/α,β-unsaturated/α-hetero) is 1. The van der Waals surface area contributed by atoms with E-state index in [9.17, 15) is 14.8 Å². The maximum absolute atomic E-state index is 13.0. The predicted octanol–water partition coefficient (Wildman–Crippen LogP) is 3.30. The molecular weight excluding hydrogens is 374 g/mol. The number of para-hydroxylation sites is 1. The van der Waals surface area contributed by atoms with E-state index in [1.54, 1.807) is 24.3 Å². The van der Waals surface area contributed by atoms with E-state index >= 15 is 0 Å². The van der Waals surface area contributed by atoms with Crippen LogP contribution in [0.15, 0.2) is 82.1 Å². The van der Waals surface area contributed by atoms with Gasteiger partial charge >= 0.3 is 0 Å². The normalized spacial score (nSPS) is 11.6. The van der Waals surface area contributed by atoms with Crippen molar-refractivity contribution >= 4 is 28.0 Å². The SMILES string of the molecule is O=C(Cn1c(=O)c(=NO)nc(-c2ccccc2)c2ccccc21)c1cccs1. The van der Waals surface area contributed by atoms with Gasteiger partial charge < -0.3 is 5.21 Å². The molecule has 2 aromatic heterocycles. The fraction of sp³-hybridized carbons (Fsp3) is 0.0476. The van der Waals surface area contributed by atoms with E-state index < -0.39 is 5.56 Å². The first-order valence-electron chi connectivity index (χ1n) is 8.53. The summed E-state index contributed by atoms with van der Waals surface area (Å²) in [5, 5.41) is 15.0. The Balaban J connectivity index is 2.05. The minimum Gasteiger partial charge on any atom is -0.409 e. The molecule has 0 aliphatic heterocycles. The number of thiophene rings is 1. The first-order valence-corrected chi connectivity index (χ1v) is 9.41. The average Bonchev–Trinajstić information content (AvgIpc) is 3.25. The molecule has 6 nitrogen and oxygen atoms in total. The average molecular weight is 389 g/mol. The summed E-state index contributed by atoms with van der Waals surface area (Å²) in [4.78, 5) is 30.5. The van der Waals surface area contributed by atoms with Gasteiger partial charge in [0.1, 0.15) is 0 Å². The molecular formula is C21H15N3O3S. The van der Waals surface area contributed by atoms with E-state index in [4.69, 9.17) is 0 Å². The van der Waals surface area contributed by atoms with Gasteiger partial charge in [-0.1, -0.05) is 59.8 Å². The zero-order chi connectivity index (χ0) is 19.5. The molecule has 0 unspecified atom stereocenters. The summed E-state index contributed by atoms with van der Waals surface area (Å²) in [5.74, 6) is -0.196. The second kappa shape index (κ2) is 7.58. The van der Waals surface area contributed by atoms with Crippen LogP contribution in [-0.4, -0.2) is 20.5 Å². The summed E-state index contributed by atoms with van der Waals surface area (Å²) in [6.45, 7) is -0.174. The Morgan fingerprint density at radius 2 is 1.79 bits per heavy atom. The molecule has 0 aliphatic rings. The summed E-state index contributed by atoms with van der Waals surface area (Å²) in [5.41, 5.74) is 0.817. The molecule has 138 valence electrons. The molecule has 7 heteroatoms. The Labute approximate surface area is 163 Å². The van der Waals surface area contributed by atoms with Crippen LogP contribution in [0.3, 0.4) is 0 Å². The molecule has 0 bridgehead atoms. The number of benzene rings is 2. The van der Waals surface area contributed by atoms with Crippen molar-refractivity contribution in [1.29, 1.82) is 0 Å². The maximum Gasteiger partial charge on any atom is 0.299 e. The Morgan fingerprint density at radius 1 is 1.04 bits per heavy atom. The van der Waals surface area contributed by atoms with Crippen LogP contribution in [0.2, 0.25) is 0 Å². The molecule has 0 fully saturated rings. The van der Waals surface area contributed by atoms with Crippen LogP contribution in [0.1, 0.15) is 9.67 Å². The third-order valence-corrected chi connectivity index (χ3v) is 5.25. The Bertz CT molecular complexity index is 1280. The van der Waals surface area contributed by atoms with Crippen LogP contribution in [0.25, 0.3) is 22.2 Å². The first-order chi connectivity index (χ1) is 13.7. The largest absolute Gasteiger partial charge is 0.409 e. The molecule has 0 saturated heterocycles. The van der Waals surface area contributed by atoms with Crippen molar-refractivity contribution in [3.63, 3.8) is 0 Å². The molecule has 0 spiro atoms. The second-order valence-electron chi connectivity index (χ2n) is 6.06. The minimum absolute atomic E-state index is 0.174. The molecule has 28 heavy (non-hydrogen) atoms. The molecule has 0 amide bonds. The van der Waals surface area contributed by atoms with E-state index in [1.807, 2.05) is 47.8 Å². The molecule has 2 aromatic carbocycles. The Morgan fingerprint density at radius 3 is 2.50 bits per heavy atom. The van der Waals surface area contributed by atoms with E-state index in [0.717, 1.165) is 5.56 Å². The number of hydrogen-bond acceptors (Lipinski definition) is 6. The molecule has 4 aromatic rings. The molecule has 0 radical (unpaired) electrons. The van der Waals surface area contributed by atoms with Crippen LogP contribution in [0, 0.1) is 0 Å². The minimum atomic E-state index is -0.634. The van der Waals surface area contributed by atoms with Gasteiger partial charge in [-0.3, -0.25) is 14.2 Å². The highest BCUT2D eigenvalue weighted by molar-refractivity contribution is 7.12. The van der Waals surface area contributed by atoms with Crippen LogP contribution >= 0.6 is 11.3 Å². The number of nitrogens with zero attached hydrogens (tertiary/aromatic N) is 3. The van der Waals surface area contributed by atoms with E-state index in [0.29, 0.717) is 21.5 Å². The van der Waals surface area contributed by atoms with Gasteiger partial charge in [0, 0.05) is 10.9 Å². The molecule has 4 rings (SSSR count). The lowest BCUT2D eigenvalue weighted by Crippen LogP contribution is -2.35. The summed E-state index contributed by atoms with van der Waals surface area (Å²) >= 11 is 1.32. The number of ketones is 1. The van der Waals surface area contributed by atoms with Gasteiger partial charge in [-0.25, -0.2) is 4.98 Å². The topological polar surface area (TPSA) is 84.5 Å². The third kappa shape index (κ3) is 3.23. The summed E-state index contributed by atoms with van der Waals surface area (Å²) < 4.78 is 1.31. The van der Waals surface area contributed by atoms with E-state index in [-0.39, 0.29) is 17.8 Å². The molecule has 2 heterocycles. The van der Waals surface area contributed by atoms with Crippen LogP contribution < -0.4 is 11.0 Å². The molecule has 0 aliphatic carbocycles. The highest BCUT2D eigenvalue weighted by Gasteiger charge is 2.15. The van der Waals surface area contributed by atoms with E-state index in [1.165, 1.54) is 15.9 Å². The summed E-state index contributed by atoms with van der Waals surface area (Å²) in [6, 6.07) is 20.0. The van der Waals surface area contributed by atoms with Gasteiger partial charge in [0.25, 0.3) is 11.0 Å². The van der Waals surface area contributed by atoms with Crippen molar-refractivity contribution < 1.29 is 10.0 Å². The lowest BCUT2D eigenvalue weighted by Gasteiger charge is -2.06. The maximum atomic E-state index is 13.0. The first kappa shape index (κ1) is 17.8. The van der Waals surface area contributed by atoms with Gasteiger partial charge in [-0.15, -0.1) is 11.3 Å². The van der Waals surface area contributed by atoms with Crippen molar-refractivity contribution in [2.24, 2.45) is 5.16 Å². The van der Waals surface area contributed by atoms with Crippen molar-refractivity contribution in [1.82, 2.24) is 9.55 Å². The Kier molecular flexibility index (Phi) is 4.82. The zero-order valence-electron chi connectivity index (χ0n) is 14.6. The number of carbonyl (C=O) groups excluding carboxylic acids is 1. The lowest BCUT2D eigenvalue weighted by atomic mass is 10.1. The quantitative estimate of drug-likeness (QED) is 0.330. The predicted molar refractivity (Wildman–Crippen MR) is 107 cm³/mol. The standard InChI is InChI=1S/C21H15N3O3S/c25-17(18-11-6-12-28-18)13-24-16-10-5-4-9-15(16)19(14-7-2-1-3-8-14)22-20(23-27)21(24)26/h1-12,27H,13H2. The van der Waals surface area contributed by atoms with Crippen LogP contribution in [0.4, 0.5) is 0 Å². The van der Waals surface area contributed by atoms with Gasteiger partial charge in [0.2, 0.25) is 0 Å². The fourth-order valence-electron chi connectivity index (χ4n) is 3.05. The summed E-state index contributed by atoms with van der Waals surface area (Å²) in [6.07, 6.45) is 0. The Hall–Kier alpha value is -3.58. The number of hydrogen-bond donors (Lipinski definition) is 1. The third-order valence-electron chi connectivity index (χ3n) is 4.34. The van der Waals surface area contributed by atoms with E-state index in [2.05, 4.69) is 10.1 Å². The highest BCUT2D eigenvalue weighted by Crippen LogP contribution is 2.24. The fourth-order valence-corrected chi connectivity index (χ4v) is 3.71. The molecule has 1 N–H and O–H groups in total. The molecule has 0 atom stereocenters. The number of aromatic nitrogens is 2. The van der Waals surface area contributed by atoms with Crippen LogP contribution in [0.5, 0.6) is 0 Å². The molecule has 0 saturated carbocycles. The summed E-state index contributed by atoms with van der Waals surface area (Å²) in [7, 11) is 0. The number of carbonyl (C=O) groups is 1. The van der Waals surface area contributed by atoms with Crippen molar-refractivity contribution in [3.8, 4) is 11.3 Å². The van der Waals surface area contributed by atoms with Gasteiger partial charge in [-0.2, -0.15) is 0 Å². The van der Waals surface area contributed by atoms with Crippen molar-refractivity contribution in [3.05, 3.63) is 92.8 Å². The zero-order valence-corrected chi connectivity index (χ0v) is 15.5. The lowest BCUT2D eigenvalue weighted by molar-refractivity contribution is 0.0976. The number of rotatable bonds is 4.